The van der Waals surface area contributed by atoms with Crippen molar-refractivity contribution >= 4 is 15.9 Å². The first-order valence-electron chi connectivity index (χ1n) is 6.24. The van der Waals surface area contributed by atoms with Crippen molar-refractivity contribution in [1.82, 2.24) is 10.3 Å². The smallest absolute Gasteiger partial charge is 0.137 e. The lowest BCUT2D eigenvalue weighted by Gasteiger charge is -2.14. The standard InChI is InChI=1S/C15H16BrFN2/c1-11(13-2-3-15(17)14(16)10-13)19-9-6-12-4-7-18-8-5-12/h2-5,7-8,10-11,19H,6,9H2,1H3. The number of hydrogen-bond acceptors (Lipinski definition) is 2. The highest BCUT2D eigenvalue weighted by atomic mass is 79.9. The number of pyridine rings is 1. The second-order valence-electron chi connectivity index (χ2n) is 4.45. The van der Waals surface area contributed by atoms with Crippen LogP contribution < -0.4 is 5.32 Å². The molecule has 1 heterocycles. The third-order valence-electron chi connectivity index (χ3n) is 3.06. The van der Waals surface area contributed by atoms with E-state index in [1.165, 1.54) is 11.6 Å². The Kier molecular flexibility index (Phi) is 5.05. The molecule has 0 saturated carbocycles. The molecule has 0 radical (unpaired) electrons. The molecule has 100 valence electrons. The van der Waals surface area contributed by atoms with E-state index in [0.717, 1.165) is 18.5 Å². The summed E-state index contributed by atoms with van der Waals surface area (Å²) in [6.07, 6.45) is 4.56. The van der Waals surface area contributed by atoms with Crippen molar-refractivity contribution in [2.75, 3.05) is 6.54 Å². The number of benzene rings is 1. The average Bonchev–Trinajstić information content (AvgIpc) is 2.43. The number of nitrogens with one attached hydrogen (secondary N) is 1. The third kappa shape index (κ3) is 4.11. The van der Waals surface area contributed by atoms with Crippen molar-refractivity contribution in [1.29, 1.82) is 0 Å². The van der Waals surface area contributed by atoms with Crippen LogP contribution in [0.3, 0.4) is 0 Å². The van der Waals surface area contributed by atoms with Crippen LogP contribution in [0.1, 0.15) is 24.1 Å². The second-order valence-corrected chi connectivity index (χ2v) is 5.31. The van der Waals surface area contributed by atoms with Gasteiger partial charge in [-0.25, -0.2) is 4.39 Å². The van der Waals surface area contributed by atoms with Crippen molar-refractivity contribution < 1.29 is 4.39 Å². The summed E-state index contributed by atoms with van der Waals surface area (Å²) in [4.78, 5) is 3.99. The number of nitrogens with zero attached hydrogens (tertiary/aromatic N) is 1. The van der Waals surface area contributed by atoms with E-state index in [2.05, 4.69) is 33.2 Å². The molecular formula is C15H16BrFN2. The molecule has 0 spiro atoms. The lowest BCUT2D eigenvalue weighted by molar-refractivity contribution is 0.572. The summed E-state index contributed by atoms with van der Waals surface area (Å²) in [5, 5.41) is 3.43. The molecule has 1 aromatic heterocycles. The number of aromatic nitrogens is 1. The van der Waals surface area contributed by atoms with E-state index >= 15 is 0 Å². The molecule has 0 bridgehead atoms. The predicted molar refractivity (Wildman–Crippen MR) is 78.5 cm³/mol. The first-order chi connectivity index (χ1) is 9.16. The van der Waals surface area contributed by atoms with Crippen molar-refractivity contribution in [2.45, 2.75) is 19.4 Å². The molecule has 0 amide bonds. The van der Waals surface area contributed by atoms with Crippen LogP contribution in [0.4, 0.5) is 4.39 Å². The summed E-state index contributed by atoms with van der Waals surface area (Å²) in [7, 11) is 0. The molecule has 1 atom stereocenters. The summed E-state index contributed by atoms with van der Waals surface area (Å²) < 4.78 is 13.7. The normalized spacial score (nSPS) is 12.4. The Balaban J connectivity index is 1.87. The average molecular weight is 323 g/mol. The van der Waals surface area contributed by atoms with Gasteiger partial charge in [0.25, 0.3) is 0 Å². The summed E-state index contributed by atoms with van der Waals surface area (Å²) in [5.74, 6) is -0.229. The zero-order valence-corrected chi connectivity index (χ0v) is 12.3. The Hall–Kier alpha value is -1.26. The molecule has 0 aliphatic rings. The van der Waals surface area contributed by atoms with Gasteiger partial charge in [-0.05, 0) is 71.2 Å². The van der Waals surface area contributed by atoms with Gasteiger partial charge in [0.2, 0.25) is 0 Å². The molecule has 0 aliphatic heterocycles. The molecule has 1 N–H and O–H groups in total. The van der Waals surface area contributed by atoms with Crippen LogP contribution in [0.2, 0.25) is 0 Å². The first kappa shape index (κ1) is 14.2. The van der Waals surface area contributed by atoms with Crippen LogP contribution in [0.5, 0.6) is 0 Å². The lowest BCUT2D eigenvalue weighted by Crippen LogP contribution is -2.21. The summed E-state index contributed by atoms with van der Waals surface area (Å²) in [5.41, 5.74) is 2.33. The maximum absolute atomic E-state index is 13.2. The van der Waals surface area contributed by atoms with Gasteiger partial charge in [-0.2, -0.15) is 0 Å². The number of rotatable bonds is 5. The van der Waals surface area contributed by atoms with Crippen LogP contribution >= 0.6 is 15.9 Å². The van der Waals surface area contributed by atoms with Gasteiger partial charge in [-0.3, -0.25) is 4.98 Å². The van der Waals surface area contributed by atoms with Gasteiger partial charge >= 0.3 is 0 Å². The van der Waals surface area contributed by atoms with E-state index in [-0.39, 0.29) is 11.9 Å². The van der Waals surface area contributed by atoms with Crippen LogP contribution in [-0.2, 0) is 6.42 Å². The Morgan fingerprint density at radius 1 is 1.26 bits per heavy atom. The van der Waals surface area contributed by atoms with E-state index in [1.54, 1.807) is 12.4 Å². The Labute approximate surface area is 121 Å². The number of halogens is 2. The van der Waals surface area contributed by atoms with Gasteiger partial charge in [-0.1, -0.05) is 6.07 Å². The molecule has 4 heteroatoms. The maximum Gasteiger partial charge on any atom is 0.137 e. The molecule has 0 fully saturated rings. The molecule has 0 aliphatic carbocycles. The Morgan fingerprint density at radius 3 is 2.68 bits per heavy atom. The zero-order chi connectivity index (χ0) is 13.7. The van der Waals surface area contributed by atoms with Gasteiger partial charge in [0, 0.05) is 18.4 Å². The largest absolute Gasteiger partial charge is 0.310 e. The SMILES string of the molecule is CC(NCCc1ccncc1)c1ccc(F)c(Br)c1. The molecule has 2 rings (SSSR count). The molecule has 1 aromatic carbocycles. The van der Waals surface area contributed by atoms with Crippen LogP contribution in [0.15, 0.2) is 47.2 Å². The highest BCUT2D eigenvalue weighted by molar-refractivity contribution is 9.10. The Morgan fingerprint density at radius 2 is 2.00 bits per heavy atom. The molecule has 2 aromatic rings. The maximum atomic E-state index is 13.2. The van der Waals surface area contributed by atoms with Gasteiger partial charge in [0.15, 0.2) is 0 Å². The summed E-state index contributed by atoms with van der Waals surface area (Å²) >= 11 is 3.21. The summed E-state index contributed by atoms with van der Waals surface area (Å²) in [6.45, 7) is 2.95. The van der Waals surface area contributed by atoms with Gasteiger partial charge in [0.1, 0.15) is 5.82 Å². The minimum absolute atomic E-state index is 0.193. The molecule has 2 nitrogen and oxygen atoms in total. The molecular weight excluding hydrogens is 307 g/mol. The van der Waals surface area contributed by atoms with Gasteiger partial charge in [-0.15, -0.1) is 0 Å². The Bertz CT molecular complexity index is 531. The van der Waals surface area contributed by atoms with Crippen molar-refractivity contribution in [3.05, 3.63) is 64.1 Å². The van der Waals surface area contributed by atoms with Crippen LogP contribution in [-0.4, -0.2) is 11.5 Å². The monoisotopic (exact) mass is 322 g/mol. The van der Waals surface area contributed by atoms with E-state index in [9.17, 15) is 4.39 Å². The topological polar surface area (TPSA) is 24.9 Å². The fraction of sp³-hybridized carbons (Fsp3) is 0.267. The van der Waals surface area contributed by atoms with Crippen molar-refractivity contribution in [3.8, 4) is 0 Å². The quantitative estimate of drug-likeness (QED) is 0.903. The lowest BCUT2D eigenvalue weighted by atomic mass is 10.1. The van der Waals surface area contributed by atoms with Gasteiger partial charge in [0.05, 0.1) is 4.47 Å². The zero-order valence-electron chi connectivity index (χ0n) is 10.7. The van der Waals surface area contributed by atoms with Crippen LogP contribution in [0.25, 0.3) is 0 Å². The highest BCUT2D eigenvalue weighted by Gasteiger charge is 2.07. The fourth-order valence-electron chi connectivity index (χ4n) is 1.88. The molecule has 0 saturated heterocycles. The van der Waals surface area contributed by atoms with Crippen LogP contribution in [0, 0.1) is 5.82 Å². The first-order valence-corrected chi connectivity index (χ1v) is 7.03. The van der Waals surface area contributed by atoms with Crippen molar-refractivity contribution in [3.63, 3.8) is 0 Å². The van der Waals surface area contributed by atoms with E-state index in [4.69, 9.17) is 0 Å². The number of hydrogen-bond donors (Lipinski definition) is 1. The van der Waals surface area contributed by atoms with E-state index in [1.807, 2.05) is 24.3 Å². The van der Waals surface area contributed by atoms with Gasteiger partial charge < -0.3 is 5.32 Å². The fourth-order valence-corrected chi connectivity index (χ4v) is 2.28. The van der Waals surface area contributed by atoms with Crippen molar-refractivity contribution in [2.24, 2.45) is 0 Å². The molecule has 19 heavy (non-hydrogen) atoms. The van der Waals surface area contributed by atoms with E-state index in [0.29, 0.717) is 4.47 Å². The van der Waals surface area contributed by atoms with E-state index < -0.39 is 0 Å². The highest BCUT2D eigenvalue weighted by Crippen LogP contribution is 2.21. The summed E-state index contributed by atoms with van der Waals surface area (Å²) in [6, 6.07) is 9.34. The minimum atomic E-state index is -0.229. The second kappa shape index (κ2) is 6.78. The predicted octanol–water partition coefficient (Wildman–Crippen LogP) is 3.88. The third-order valence-corrected chi connectivity index (χ3v) is 3.66. The molecule has 1 unspecified atom stereocenters. The minimum Gasteiger partial charge on any atom is -0.310 e.